The van der Waals surface area contributed by atoms with E-state index in [0.29, 0.717) is 12.5 Å². The number of nitro benzene ring substituents is 1. The van der Waals surface area contributed by atoms with Gasteiger partial charge in [-0.3, -0.25) is 14.9 Å². The summed E-state index contributed by atoms with van der Waals surface area (Å²) in [5.74, 6) is -1.32. The Labute approximate surface area is 108 Å². The zero-order valence-electron chi connectivity index (χ0n) is 9.96. The summed E-state index contributed by atoms with van der Waals surface area (Å²) in [7, 11) is 0. The molecule has 1 fully saturated rings. The third-order valence-electron chi connectivity index (χ3n) is 2.89. The Bertz CT molecular complexity index is 519. The fourth-order valence-corrected chi connectivity index (χ4v) is 1.63. The van der Waals surface area contributed by atoms with Gasteiger partial charge in [0.2, 0.25) is 0 Å². The van der Waals surface area contributed by atoms with E-state index in [4.69, 9.17) is 5.11 Å². The number of aromatic carboxylic acids is 1. The normalized spacial score (nSPS) is 13.9. The Kier molecular flexibility index (Phi) is 3.46. The van der Waals surface area contributed by atoms with Gasteiger partial charge in [0.15, 0.2) is 0 Å². The Balaban J connectivity index is 2.23. The van der Waals surface area contributed by atoms with Gasteiger partial charge in [-0.15, -0.1) is 0 Å². The second-order valence-corrected chi connectivity index (χ2v) is 4.48. The van der Waals surface area contributed by atoms with Crippen molar-refractivity contribution in [2.45, 2.75) is 12.8 Å². The van der Waals surface area contributed by atoms with Crippen LogP contribution in [0, 0.1) is 16.0 Å². The molecule has 0 bridgehead atoms. The van der Waals surface area contributed by atoms with Crippen LogP contribution in [0.1, 0.15) is 33.6 Å². The number of nitrogens with one attached hydrogen (secondary N) is 1. The molecule has 100 valence electrons. The molecule has 1 saturated carbocycles. The molecule has 1 amide bonds. The second kappa shape index (κ2) is 5.05. The number of amides is 1. The standard InChI is InChI=1S/C12H12N2O5/c15-11(13-6-7-1-2-7)8-3-9(12(16)17)5-10(4-8)14(18)19/h3-5,7H,1-2,6H2,(H,13,15)(H,16,17). The first-order valence-electron chi connectivity index (χ1n) is 5.78. The number of nitro groups is 1. The van der Waals surface area contributed by atoms with Crippen LogP contribution >= 0.6 is 0 Å². The van der Waals surface area contributed by atoms with Crippen molar-refractivity contribution in [3.63, 3.8) is 0 Å². The molecule has 1 aromatic rings. The lowest BCUT2D eigenvalue weighted by molar-refractivity contribution is -0.384. The van der Waals surface area contributed by atoms with Crippen LogP contribution in [0.5, 0.6) is 0 Å². The average molecular weight is 264 g/mol. The van der Waals surface area contributed by atoms with Gasteiger partial charge < -0.3 is 10.4 Å². The second-order valence-electron chi connectivity index (χ2n) is 4.48. The molecule has 0 saturated heterocycles. The van der Waals surface area contributed by atoms with Gasteiger partial charge >= 0.3 is 5.97 Å². The van der Waals surface area contributed by atoms with Gasteiger partial charge in [0.25, 0.3) is 11.6 Å². The maximum absolute atomic E-state index is 11.8. The Morgan fingerprint density at radius 2 is 1.95 bits per heavy atom. The highest BCUT2D eigenvalue weighted by molar-refractivity contribution is 5.98. The van der Waals surface area contributed by atoms with E-state index in [9.17, 15) is 19.7 Å². The molecule has 2 rings (SSSR count). The fourth-order valence-electron chi connectivity index (χ4n) is 1.63. The molecule has 2 N–H and O–H groups in total. The summed E-state index contributed by atoms with van der Waals surface area (Å²) in [6.45, 7) is 0.518. The average Bonchev–Trinajstić information content (AvgIpc) is 3.19. The summed E-state index contributed by atoms with van der Waals surface area (Å²) < 4.78 is 0. The van der Waals surface area contributed by atoms with Gasteiger partial charge in [-0.1, -0.05) is 0 Å². The van der Waals surface area contributed by atoms with E-state index in [0.717, 1.165) is 31.0 Å². The summed E-state index contributed by atoms with van der Waals surface area (Å²) >= 11 is 0. The monoisotopic (exact) mass is 264 g/mol. The topological polar surface area (TPSA) is 110 Å². The number of hydrogen-bond acceptors (Lipinski definition) is 4. The lowest BCUT2D eigenvalue weighted by atomic mass is 10.1. The minimum Gasteiger partial charge on any atom is -0.478 e. The summed E-state index contributed by atoms with van der Waals surface area (Å²) in [6.07, 6.45) is 2.13. The molecule has 1 aromatic carbocycles. The van der Waals surface area contributed by atoms with Gasteiger partial charge in [-0.2, -0.15) is 0 Å². The number of rotatable bonds is 5. The lowest BCUT2D eigenvalue weighted by Crippen LogP contribution is -2.25. The molecule has 7 heteroatoms. The predicted octanol–water partition coefficient (Wildman–Crippen LogP) is 1.43. The number of nitrogens with zero attached hydrogens (tertiary/aromatic N) is 1. The summed E-state index contributed by atoms with van der Waals surface area (Å²) in [6, 6.07) is 3.15. The number of benzene rings is 1. The van der Waals surface area contributed by atoms with Crippen molar-refractivity contribution in [1.29, 1.82) is 0 Å². The van der Waals surface area contributed by atoms with Crippen LogP contribution in [0.4, 0.5) is 5.69 Å². The van der Waals surface area contributed by atoms with E-state index >= 15 is 0 Å². The number of carbonyl (C=O) groups is 2. The molecule has 0 aliphatic heterocycles. The Hall–Kier alpha value is -2.44. The minimum absolute atomic E-state index is 0.00718. The van der Waals surface area contributed by atoms with Gasteiger partial charge in [-0.25, -0.2) is 4.79 Å². The molecule has 0 atom stereocenters. The van der Waals surface area contributed by atoms with Crippen molar-refractivity contribution >= 4 is 17.6 Å². The maximum atomic E-state index is 11.8. The molecule has 0 aromatic heterocycles. The first-order valence-corrected chi connectivity index (χ1v) is 5.78. The number of carboxylic acid groups (broad SMARTS) is 1. The van der Waals surface area contributed by atoms with Crippen LogP contribution in [-0.2, 0) is 0 Å². The molecule has 19 heavy (non-hydrogen) atoms. The van der Waals surface area contributed by atoms with Crippen molar-refractivity contribution in [1.82, 2.24) is 5.32 Å². The van der Waals surface area contributed by atoms with E-state index < -0.39 is 22.5 Å². The molecular weight excluding hydrogens is 252 g/mol. The van der Waals surface area contributed by atoms with Crippen molar-refractivity contribution in [3.8, 4) is 0 Å². The van der Waals surface area contributed by atoms with Gasteiger partial charge in [0, 0.05) is 24.2 Å². The fraction of sp³-hybridized carbons (Fsp3) is 0.333. The Morgan fingerprint density at radius 1 is 1.32 bits per heavy atom. The van der Waals surface area contributed by atoms with Crippen LogP contribution in [-0.4, -0.2) is 28.5 Å². The third-order valence-corrected chi connectivity index (χ3v) is 2.89. The van der Waals surface area contributed by atoms with E-state index in [1.807, 2.05) is 0 Å². The molecule has 1 aliphatic rings. The SMILES string of the molecule is O=C(O)c1cc(C(=O)NCC2CC2)cc([N+](=O)[O-])c1. The summed E-state index contributed by atoms with van der Waals surface area (Å²) in [5, 5.41) is 22.2. The highest BCUT2D eigenvalue weighted by atomic mass is 16.6. The van der Waals surface area contributed by atoms with E-state index in [1.165, 1.54) is 0 Å². The lowest BCUT2D eigenvalue weighted by Gasteiger charge is -2.05. The number of carboxylic acids is 1. The van der Waals surface area contributed by atoms with Gasteiger partial charge in [0.1, 0.15) is 0 Å². The zero-order valence-corrected chi connectivity index (χ0v) is 9.96. The van der Waals surface area contributed by atoms with Crippen LogP contribution in [0.2, 0.25) is 0 Å². The number of hydrogen-bond donors (Lipinski definition) is 2. The van der Waals surface area contributed by atoms with Gasteiger partial charge in [0.05, 0.1) is 10.5 Å². The van der Waals surface area contributed by atoms with E-state index in [-0.39, 0.29) is 11.1 Å². The van der Waals surface area contributed by atoms with Crippen LogP contribution < -0.4 is 5.32 Å². The summed E-state index contributed by atoms with van der Waals surface area (Å²) in [4.78, 5) is 32.7. The molecule has 0 unspecified atom stereocenters. The van der Waals surface area contributed by atoms with Crippen molar-refractivity contribution in [2.75, 3.05) is 6.54 Å². The van der Waals surface area contributed by atoms with Crippen LogP contribution in [0.15, 0.2) is 18.2 Å². The highest BCUT2D eigenvalue weighted by Gasteiger charge is 2.23. The third kappa shape index (κ3) is 3.27. The molecular formula is C12H12N2O5. The number of non-ortho nitro benzene ring substituents is 1. The van der Waals surface area contributed by atoms with E-state index in [2.05, 4.69) is 5.32 Å². The Morgan fingerprint density at radius 3 is 2.47 bits per heavy atom. The molecule has 0 radical (unpaired) electrons. The molecule has 7 nitrogen and oxygen atoms in total. The smallest absolute Gasteiger partial charge is 0.335 e. The first-order chi connectivity index (χ1) is 8.97. The molecule has 0 spiro atoms. The predicted molar refractivity (Wildman–Crippen MR) is 65.1 cm³/mol. The number of carbonyl (C=O) groups excluding carboxylic acids is 1. The van der Waals surface area contributed by atoms with Gasteiger partial charge in [-0.05, 0) is 24.8 Å². The van der Waals surface area contributed by atoms with Crippen molar-refractivity contribution in [3.05, 3.63) is 39.4 Å². The van der Waals surface area contributed by atoms with Crippen LogP contribution in [0.3, 0.4) is 0 Å². The van der Waals surface area contributed by atoms with Crippen molar-refractivity contribution < 1.29 is 19.6 Å². The van der Waals surface area contributed by atoms with E-state index in [1.54, 1.807) is 0 Å². The first kappa shape index (κ1) is 13.0. The highest BCUT2D eigenvalue weighted by Crippen LogP contribution is 2.27. The zero-order chi connectivity index (χ0) is 14.0. The van der Waals surface area contributed by atoms with Crippen molar-refractivity contribution in [2.24, 2.45) is 5.92 Å². The summed E-state index contributed by atoms with van der Waals surface area (Å²) in [5.41, 5.74) is -0.686. The van der Waals surface area contributed by atoms with Crippen LogP contribution in [0.25, 0.3) is 0 Å². The molecule has 1 aliphatic carbocycles. The maximum Gasteiger partial charge on any atom is 0.335 e. The molecule has 0 heterocycles. The largest absolute Gasteiger partial charge is 0.478 e. The quantitative estimate of drug-likeness (QED) is 0.617. The minimum atomic E-state index is -1.31.